The lowest BCUT2D eigenvalue weighted by atomic mass is 10.0. The van der Waals surface area contributed by atoms with Crippen LogP contribution in [0.5, 0.6) is 11.5 Å². The zero-order valence-electron chi connectivity index (χ0n) is 15.3. The van der Waals surface area contributed by atoms with Gasteiger partial charge in [0.05, 0.1) is 6.61 Å². The predicted octanol–water partition coefficient (Wildman–Crippen LogP) is 6.39. The minimum Gasteiger partial charge on any atom is -0.494 e. The van der Waals surface area contributed by atoms with E-state index in [0.29, 0.717) is 23.5 Å². The smallest absolute Gasteiger partial charge is 0.201 e. The van der Waals surface area contributed by atoms with E-state index in [0.717, 1.165) is 5.56 Å². The van der Waals surface area contributed by atoms with Gasteiger partial charge in [0.15, 0.2) is 11.6 Å². The van der Waals surface area contributed by atoms with Gasteiger partial charge in [0.1, 0.15) is 18.2 Å². The molecule has 28 heavy (non-hydrogen) atoms. The molecule has 3 rings (SSSR count). The van der Waals surface area contributed by atoms with E-state index in [4.69, 9.17) is 9.47 Å². The Kier molecular flexibility index (Phi) is 6.04. The number of hydrogen-bond donors (Lipinski definition) is 0. The number of hydrogen-bond acceptors (Lipinski definition) is 2. The maximum atomic E-state index is 14.3. The van der Waals surface area contributed by atoms with Crippen molar-refractivity contribution in [2.75, 3.05) is 6.61 Å². The van der Waals surface area contributed by atoms with Crippen LogP contribution in [0.3, 0.4) is 0 Å². The summed E-state index contributed by atoms with van der Waals surface area (Å²) in [6.45, 7) is 5.78. The van der Waals surface area contributed by atoms with E-state index in [-0.39, 0.29) is 23.7 Å². The van der Waals surface area contributed by atoms with Gasteiger partial charge in [-0.15, -0.1) is 0 Å². The topological polar surface area (TPSA) is 18.5 Å². The molecule has 0 N–H and O–H groups in total. The molecule has 0 saturated heterocycles. The van der Waals surface area contributed by atoms with Crippen LogP contribution in [0.4, 0.5) is 13.2 Å². The summed E-state index contributed by atoms with van der Waals surface area (Å²) in [5.74, 6) is -2.12. The highest BCUT2D eigenvalue weighted by Gasteiger charge is 2.13. The van der Waals surface area contributed by atoms with Crippen molar-refractivity contribution in [2.45, 2.75) is 13.5 Å². The molecule has 0 atom stereocenters. The second kappa shape index (κ2) is 8.65. The van der Waals surface area contributed by atoms with Gasteiger partial charge in [0, 0.05) is 17.2 Å². The third-order valence-corrected chi connectivity index (χ3v) is 4.21. The van der Waals surface area contributed by atoms with Gasteiger partial charge in [-0.25, -0.2) is 8.78 Å². The van der Waals surface area contributed by atoms with Crippen LogP contribution in [-0.2, 0) is 6.61 Å². The first-order chi connectivity index (χ1) is 13.5. The van der Waals surface area contributed by atoms with E-state index in [2.05, 4.69) is 6.58 Å². The second-order valence-corrected chi connectivity index (χ2v) is 6.05. The Balaban J connectivity index is 1.72. The first-order valence-electron chi connectivity index (χ1n) is 8.78. The number of halogens is 3. The van der Waals surface area contributed by atoms with Crippen LogP contribution in [0.2, 0.25) is 0 Å². The third kappa shape index (κ3) is 4.19. The molecule has 0 aliphatic carbocycles. The van der Waals surface area contributed by atoms with Gasteiger partial charge < -0.3 is 9.47 Å². The lowest BCUT2D eigenvalue weighted by Crippen LogP contribution is -2.00. The molecule has 0 heterocycles. The van der Waals surface area contributed by atoms with Crippen molar-refractivity contribution in [3.05, 3.63) is 89.8 Å². The van der Waals surface area contributed by atoms with Crippen molar-refractivity contribution < 1.29 is 22.6 Å². The van der Waals surface area contributed by atoms with E-state index in [9.17, 15) is 13.2 Å². The van der Waals surface area contributed by atoms with Crippen molar-refractivity contribution >= 4 is 6.08 Å². The summed E-state index contributed by atoms with van der Waals surface area (Å²) in [5, 5.41) is 0. The minimum absolute atomic E-state index is 0.0514. The number of ether oxygens (including phenoxy) is 2. The molecular weight excluding hydrogens is 365 g/mol. The molecule has 0 aromatic heterocycles. The summed E-state index contributed by atoms with van der Waals surface area (Å²) in [7, 11) is 0. The Morgan fingerprint density at radius 3 is 2.29 bits per heavy atom. The molecule has 3 aromatic rings. The number of benzene rings is 3. The molecule has 0 spiro atoms. The Hall–Kier alpha value is -3.21. The van der Waals surface area contributed by atoms with E-state index >= 15 is 0 Å². The molecule has 0 saturated carbocycles. The normalized spacial score (nSPS) is 10.6. The van der Waals surface area contributed by atoms with Gasteiger partial charge >= 0.3 is 0 Å². The minimum atomic E-state index is -1.05. The Morgan fingerprint density at radius 1 is 0.893 bits per heavy atom. The van der Waals surface area contributed by atoms with Crippen LogP contribution >= 0.6 is 0 Å². The van der Waals surface area contributed by atoms with E-state index in [1.54, 1.807) is 36.4 Å². The van der Waals surface area contributed by atoms with Gasteiger partial charge in [-0.05, 0) is 42.3 Å². The average Bonchev–Trinajstić information content (AvgIpc) is 2.70. The average molecular weight is 384 g/mol. The standard InChI is InChI=1S/C23H19F3O2/c1-3-16-9-12-21(23(26)22(16)25)28-14-15-5-7-17(8-6-15)19-11-10-18(27-4-2)13-20(19)24/h3,5-13H,1,4,14H2,2H3. The van der Waals surface area contributed by atoms with Crippen LogP contribution in [0.1, 0.15) is 18.1 Å². The Labute approximate surface area is 161 Å². The highest BCUT2D eigenvalue weighted by molar-refractivity contribution is 5.65. The maximum absolute atomic E-state index is 14.3. The highest BCUT2D eigenvalue weighted by atomic mass is 19.2. The molecule has 0 amide bonds. The first-order valence-corrected chi connectivity index (χ1v) is 8.78. The molecule has 2 nitrogen and oxygen atoms in total. The van der Waals surface area contributed by atoms with Crippen molar-refractivity contribution in [1.29, 1.82) is 0 Å². The van der Waals surface area contributed by atoms with Gasteiger partial charge in [-0.2, -0.15) is 4.39 Å². The Morgan fingerprint density at radius 2 is 1.64 bits per heavy atom. The zero-order valence-corrected chi connectivity index (χ0v) is 15.3. The molecule has 0 aliphatic heterocycles. The third-order valence-electron chi connectivity index (χ3n) is 4.21. The van der Waals surface area contributed by atoms with E-state index < -0.39 is 11.6 Å². The summed E-state index contributed by atoms with van der Waals surface area (Å²) in [6.07, 6.45) is 1.24. The summed E-state index contributed by atoms with van der Waals surface area (Å²) < 4.78 is 52.7. The largest absolute Gasteiger partial charge is 0.494 e. The first kappa shape index (κ1) is 19.5. The highest BCUT2D eigenvalue weighted by Crippen LogP contribution is 2.28. The van der Waals surface area contributed by atoms with E-state index in [1.807, 2.05) is 6.92 Å². The van der Waals surface area contributed by atoms with Gasteiger partial charge in [-0.3, -0.25) is 0 Å². The fourth-order valence-corrected chi connectivity index (χ4v) is 2.74. The van der Waals surface area contributed by atoms with Crippen molar-refractivity contribution in [3.8, 4) is 22.6 Å². The Bertz CT molecular complexity index is 982. The molecule has 144 valence electrons. The summed E-state index contributed by atoms with van der Waals surface area (Å²) in [5.41, 5.74) is 1.95. The molecular formula is C23H19F3O2. The van der Waals surface area contributed by atoms with Gasteiger partial charge in [-0.1, -0.05) is 36.9 Å². The van der Waals surface area contributed by atoms with Crippen LogP contribution < -0.4 is 9.47 Å². The molecule has 5 heteroatoms. The summed E-state index contributed by atoms with van der Waals surface area (Å²) in [4.78, 5) is 0. The quantitative estimate of drug-likeness (QED) is 0.470. The maximum Gasteiger partial charge on any atom is 0.201 e. The van der Waals surface area contributed by atoms with Crippen molar-refractivity contribution in [1.82, 2.24) is 0 Å². The van der Waals surface area contributed by atoms with Gasteiger partial charge in [0.25, 0.3) is 0 Å². The molecule has 0 fully saturated rings. The lowest BCUT2D eigenvalue weighted by Gasteiger charge is -2.10. The van der Waals surface area contributed by atoms with Crippen LogP contribution in [-0.4, -0.2) is 6.61 Å². The molecule has 3 aromatic carbocycles. The lowest BCUT2D eigenvalue weighted by molar-refractivity contribution is 0.284. The summed E-state index contributed by atoms with van der Waals surface area (Å²) >= 11 is 0. The van der Waals surface area contributed by atoms with Crippen LogP contribution in [0.15, 0.2) is 61.2 Å². The van der Waals surface area contributed by atoms with Crippen LogP contribution in [0, 0.1) is 17.5 Å². The number of rotatable bonds is 7. The second-order valence-electron chi connectivity index (χ2n) is 6.05. The summed E-state index contributed by atoms with van der Waals surface area (Å²) in [6, 6.07) is 14.5. The molecule has 0 radical (unpaired) electrons. The van der Waals surface area contributed by atoms with E-state index in [1.165, 1.54) is 24.3 Å². The predicted molar refractivity (Wildman–Crippen MR) is 104 cm³/mol. The van der Waals surface area contributed by atoms with Crippen LogP contribution in [0.25, 0.3) is 17.2 Å². The van der Waals surface area contributed by atoms with Crippen molar-refractivity contribution in [2.24, 2.45) is 0 Å². The SMILES string of the molecule is C=Cc1ccc(OCc2ccc(-c3ccc(OCC)cc3F)cc2)c(F)c1F. The molecule has 0 aliphatic rings. The molecule has 0 bridgehead atoms. The zero-order chi connectivity index (χ0) is 20.1. The monoisotopic (exact) mass is 384 g/mol. The fraction of sp³-hybridized carbons (Fsp3) is 0.130. The van der Waals surface area contributed by atoms with Crippen molar-refractivity contribution in [3.63, 3.8) is 0 Å². The fourth-order valence-electron chi connectivity index (χ4n) is 2.74. The molecule has 0 unspecified atom stereocenters. The van der Waals surface area contributed by atoms with Gasteiger partial charge in [0.2, 0.25) is 5.82 Å².